The number of nitrogens with one attached hydrogen (secondary N) is 1. The normalized spacial score (nSPS) is 19.6. The number of benzene rings is 1. The average molecular weight is 439 g/mol. The zero-order valence-electron chi connectivity index (χ0n) is 17.1. The minimum absolute atomic E-state index is 0.0121. The Balaban J connectivity index is 1.60. The van der Waals surface area contributed by atoms with Crippen LogP contribution in [0.15, 0.2) is 18.2 Å². The van der Waals surface area contributed by atoms with Gasteiger partial charge in [-0.25, -0.2) is 4.79 Å². The lowest BCUT2D eigenvalue weighted by molar-refractivity contribution is -0.127. The Morgan fingerprint density at radius 1 is 1.39 bits per heavy atom. The second-order valence-electron chi connectivity index (χ2n) is 7.89. The Morgan fingerprint density at radius 3 is 2.87 bits per heavy atom. The third-order valence-electron chi connectivity index (χ3n) is 5.59. The first-order valence-electron chi connectivity index (χ1n) is 9.98. The Labute approximate surface area is 183 Å². The largest absolute Gasteiger partial charge is 0.479 e. The number of aromatic carboxylic acids is 1. The van der Waals surface area contributed by atoms with Crippen molar-refractivity contribution >= 4 is 39.8 Å². The highest BCUT2D eigenvalue weighted by Crippen LogP contribution is 2.39. The van der Waals surface area contributed by atoms with Gasteiger partial charge in [0.15, 0.2) is 6.10 Å². The molecule has 9 heteroatoms. The van der Waals surface area contributed by atoms with Crippen molar-refractivity contribution in [3.8, 4) is 11.8 Å². The molecule has 160 valence electrons. The van der Waals surface area contributed by atoms with E-state index in [9.17, 15) is 24.8 Å². The molecule has 2 aromatic rings. The first kappa shape index (κ1) is 20.9. The molecule has 2 atom stereocenters. The van der Waals surface area contributed by atoms with Gasteiger partial charge in [0.05, 0.1) is 16.8 Å². The summed E-state index contributed by atoms with van der Waals surface area (Å²) in [7, 11) is 0. The number of amides is 2. The van der Waals surface area contributed by atoms with E-state index >= 15 is 0 Å². The highest BCUT2D eigenvalue weighted by Gasteiger charge is 2.34. The quantitative estimate of drug-likeness (QED) is 0.755. The fourth-order valence-corrected chi connectivity index (χ4v) is 5.35. The lowest BCUT2D eigenvalue weighted by Gasteiger charge is -2.32. The van der Waals surface area contributed by atoms with Gasteiger partial charge < -0.3 is 15.2 Å². The summed E-state index contributed by atoms with van der Waals surface area (Å²) in [6, 6.07) is 6.40. The lowest BCUT2D eigenvalue weighted by atomic mass is 9.89. The zero-order valence-corrected chi connectivity index (χ0v) is 17.9. The number of carboxylic acids is 1. The number of carboxylic acid groups (broad SMARTS) is 1. The third kappa shape index (κ3) is 3.86. The molecule has 4 rings (SSSR count). The predicted molar refractivity (Wildman–Crippen MR) is 115 cm³/mol. The van der Waals surface area contributed by atoms with Gasteiger partial charge in [0.2, 0.25) is 5.91 Å². The molecule has 2 heterocycles. The molecule has 0 saturated heterocycles. The van der Waals surface area contributed by atoms with Crippen LogP contribution in [0.5, 0.6) is 5.75 Å². The number of nitrogens with zero attached hydrogens (tertiary/aromatic N) is 2. The van der Waals surface area contributed by atoms with E-state index in [0.717, 1.165) is 29.7 Å². The van der Waals surface area contributed by atoms with Gasteiger partial charge in [-0.2, -0.15) is 5.26 Å². The number of nitriles is 1. The molecule has 0 spiro atoms. The lowest BCUT2D eigenvalue weighted by Crippen LogP contribution is -2.47. The highest BCUT2D eigenvalue weighted by atomic mass is 32.1. The summed E-state index contributed by atoms with van der Waals surface area (Å²) in [4.78, 5) is 39.2. The van der Waals surface area contributed by atoms with Crippen LogP contribution in [0.4, 0.5) is 10.7 Å². The Morgan fingerprint density at radius 2 is 2.16 bits per heavy atom. The van der Waals surface area contributed by atoms with Gasteiger partial charge >= 0.3 is 5.97 Å². The summed E-state index contributed by atoms with van der Waals surface area (Å²) in [5, 5.41) is 22.2. The summed E-state index contributed by atoms with van der Waals surface area (Å²) in [6.07, 6.45) is 1.90. The first-order valence-corrected chi connectivity index (χ1v) is 10.8. The molecule has 0 bridgehead atoms. The Kier molecular flexibility index (Phi) is 5.41. The van der Waals surface area contributed by atoms with E-state index < -0.39 is 23.9 Å². The van der Waals surface area contributed by atoms with Crippen LogP contribution in [-0.2, 0) is 22.4 Å². The minimum atomic E-state index is -1.14. The number of fused-ring (bicyclic) bond motifs is 2. The molecule has 1 aliphatic carbocycles. The molecule has 1 aromatic carbocycles. The smallest absolute Gasteiger partial charge is 0.335 e. The maximum atomic E-state index is 12.8. The van der Waals surface area contributed by atoms with E-state index in [0.29, 0.717) is 22.2 Å². The van der Waals surface area contributed by atoms with Crippen molar-refractivity contribution in [3.63, 3.8) is 0 Å². The molecule has 8 nitrogen and oxygen atoms in total. The van der Waals surface area contributed by atoms with Crippen molar-refractivity contribution in [2.45, 2.75) is 39.2 Å². The van der Waals surface area contributed by atoms with E-state index in [2.05, 4.69) is 18.3 Å². The van der Waals surface area contributed by atoms with Crippen LogP contribution in [0, 0.1) is 17.2 Å². The molecule has 1 aromatic heterocycles. The van der Waals surface area contributed by atoms with Crippen LogP contribution < -0.4 is 15.0 Å². The number of ether oxygens (including phenoxy) is 1. The van der Waals surface area contributed by atoms with Crippen LogP contribution in [0.25, 0.3) is 0 Å². The van der Waals surface area contributed by atoms with E-state index in [1.54, 1.807) is 6.92 Å². The highest BCUT2D eigenvalue weighted by molar-refractivity contribution is 7.16. The van der Waals surface area contributed by atoms with Crippen molar-refractivity contribution in [2.75, 3.05) is 16.8 Å². The van der Waals surface area contributed by atoms with Crippen molar-refractivity contribution in [2.24, 2.45) is 5.92 Å². The molecule has 0 saturated carbocycles. The Hall–Kier alpha value is -3.38. The molecule has 31 heavy (non-hydrogen) atoms. The SMILES string of the molecule is CC1CCc2c(sc(NC(=O)CN3C(=O)C(C)Oc4ccc(C(=O)O)cc43)c2C#N)C1. The molecule has 0 fully saturated rings. The van der Waals surface area contributed by atoms with Gasteiger partial charge in [0.25, 0.3) is 5.91 Å². The number of carbonyl (C=O) groups is 3. The maximum absolute atomic E-state index is 12.8. The third-order valence-corrected chi connectivity index (χ3v) is 6.76. The summed E-state index contributed by atoms with van der Waals surface area (Å²) in [5.74, 6) is -1.17. The molecule has 1 aliphatic heterocycles. The van der Waals surface area contributed by atoms with Gasteiger partial charge in [-0.3, -0.25) is 14.5 Å². The summed E-state index contributed by atoms with van der Waals surface area (Å²) in [5.41, 5.74) is 1.73. The minimum Gasteiger partial charge on any atom is -0.479 e. The average Bonchev–Trinajstić information content (AvgIpc) is 3.06. The molecular formula is C22H21N3O5S. The van der Waals surface area contributed by atoms with Crippen molar-refractivity contribution in [3.05, 3.63) is 39.8 Å². The van der Waals surface area contributed by atoms with Gasteiger partial charge in [-0.15, -0.1) is 11.3 Å². The van der Waals surface area contributed by atoms with Gasteiger partial charge in [-0.1, -0.05) is 6.92 Å². The molecule has 0 radical (unpaired) electrons. The monoisotopic (exact) mass is 439 g/mol. The number of anilines is 2. The van der Waals surface area contributed by atoms with Gasteiger partial charge in [0, 0.05) is 4.88 Å². The number of thiophene rings is 1. The van der Waals surface area contributed by atoms with Crippen LogP contribution >= 0.6 is 11.3 Å². The van der Waals surface area contributed by atoms with Crippen LogP contribution in [-0.4, -0.2) is 35.5 Å². The topological polar surface area (TPSA) is 120 Å². The van der Waals surface area contributed by atoms with Crippen LogP contribution in [0.3, 0.4) is 0 Å². The second kappa shape index (κ2) is 8.04. The molecule has 2 amide bonds. The van der Waals surface area contributed by atoms with Crippen LogP contribution in [0.2, 0.25) is 0 Å². The molecule has 2 N–H and O–H groups in total. The van der Waals surface area contributed by atoms with Gasteiger partial charge in [-0.05, 0) is 55.9 Å². The van der Waals surface area contributed by atoms with Crippen molar-refractivity contribution in [1.29, 1.82) is 5.26 Å². The van der Waals surface area contributed by atoms with E-state index in [-0.39, 0.29) is 17.8 Å². The standard InChI is InChI=1S/C22H21N3O5S/c1-11-3-5-14-15(9-23)20(31-18(14)7-11)24-19(26)10-25-16-8-13(22(28)29)4-6-17(16)30-12(2)21(25)27/h4,6,8,11-12H,3,5,7,10H2,1-2H3,(H,24,26)(H,28,29). The summed E-state index contributed by atoms with van der Waals surface area (Å²) in [6.45, 7) is 3.43. The fourth-order valence-electron chi connectivity index (χ4n) is 3.97. The number of hydrogen-bond acceptors (Lipinski definition) is 6. The Bertz CT molecular complexity index is 1130. The van der Waals surface area contributed by atoms with E-state index in [1.165, 1.54) is 34.4 Å². The molecular weight excluding hydrogens is 418 g/mol. The predicted octanol–water partition coefficient (Wildman–Crippen LogP) is 3.20. The number of carbonyl (C=O) groups excluding carboxylic acids is 2. The summed E-state index contributed by atoms with van der Waals surface area (Å²) < 4.78 is 5.55. The van der Waals surface area contributed by atoms with Crippen molar-refractivity contribution in [1.82, 2.24) is 0 Å². The van der Waals surface area contributed by atoms with E-state index in [1.807, 2.05) is 0 Å². The second-order valence-corrected chi connectivity index (χ2v) is 8.99. The first-order chi connectivity index (χ1) is 14.8. The molecule has 2 aliphatic rings. The van der Waals surface area contributed by atoms with E-state index in [4.69, 9.17) is 4.74 Å². The van der Waals surface area contributed by atoms with Crippen LogP contribution in [0.1, 0.15) is 46.6 Å². The van der Waals surface area contributed by atoms with Crippen molar-refractivity contribution < 1.29 is 24.2 Å². The zero-order chi connectivity index (χ0) is 22.3. The fraction of sp³-hybridized carbons (Fsp3) is 0.364. The van der Waals surface area contributed by atoms with Gasteiger partial charge in [0.1, 0.15) is 23.4 Å². The molecule has 2 unspecified atom stereocenters. The maximum Gasteiger partial charge on any atom is 0.335 e. The number of hydrogen-bond donors (Lipinski definition) is 2. The summed E-state index contributed by atoms with van der Waals surface area (Å²) >= 11 is 1.41. The number of rotatable bonds is 4.